The first-order valence-electron chi connectivity index (χ1n) is 12.9. The Morgan fingerprint density at radius 3 is 2.56 bits per heavy atom. The molecule has 0 aromatic carbocycles. The molecule has 230 valence electrons. The molecule has 0 saturated carbocycles. The van der Waals surface area contributed by atoms with Crippen LogP contribution in [0.2, 0.25) is 0 Å². The van der Waals surface area contributed by atoms with E-state index >= 15 is 0 Å². The van der Waals surface area contributed by atoms with Gasteiger partial charge in [-0.15, -0.1) is 0 Å². The number of nitrogens with two attached hydrogens (primary N) is 1. The predicted molar refractivity (Wildman–Crippen MR) is 154 cm³/mol. The van der Waals surface area contributed by atoms with Gasteiger partial charge in [0.25, 0.3) is 5.56 Å². The molecule has 0 radical (unpaired) electrons. The molecule has 3 saturated heterocycles. The number of imidazole rings is 2. The Bertz CT molecular complexity index is 1850. The molecule has 7 rings (SSSR count). The summed E-state index contributed by atoms with van der Waals surface area (Å²) in [6.45, 7) is -9.12. The van der Waals surface area contributed by atoms with Crippen LogP contribution in [-0.2, 0) is 36.7 Å². The van der Waals surface area contributed by atoms with Gasteiger partial charge in [-0.05, 0) is 6.07 Å². The van der Waals surface area contributed by atoms with Gasteiger partial charge in [-0.25, -0.2) is 23.6 Å². The van der Waals surface area contributed by atoms with Gasteiger partial charge in [-0.3, -0.25) is 31.9 Å². The van der Waals surface area contributed by atoms with Gasteiger partial charge in [0.15, 0.2) is 11.9 Å². The second-order valence-corrected chi connectivity index (χ2v) is 15.8. The molecular weight excluding hydrogens is 648 g/mol. The van der Waals surface area contributed by atoms with Crippen molar-refractivity contribution in [2.75, 3.05) is 18.9 Å². The molecule has 3 aliphatic heterocycles. The van der Waals surface area contributed by atoms with Crippen LogP contribution in [0.1, 0.15) is 24.4 Å². The highest BCUT2D eigenvalue weighted by atomic mass is 32.7. The van der Waals surface area contributed by atoms with Gasteiger partial charge in [-0.1, -0.05) is 24.5 Å². The zero-order chi connectivity index (χ0) is 30.1. The normalized spacial score (nSPS) is 37.1. The number of fused-ring (bicyclic) bond motifs is 5. The number of thiol groups is 2. The van der Waals surface area contributed by atoms with E-state index in [1.165, 1.54) is 44.3 Å². The van der Waals surface area contributed by atoms with Gasteiger partial charge < -0.3 is 20.3 Å². The molecule has 0 spiro atoms. The highest BCUT2D eigenvalue weighted by Crippen LogP contribution is 2.60. The van der Waals surface area contributed by atoms with E-state index in [0.717, 1.165) is 0 Å². The van der Waals surface area contributed by atoms with Crippen molar-refractivity contribution in [3.05, 3.63) is 59.2 Å². The van der Waals surface area contributed by atoms with Crippen molar-refractivity contribution in [3.8, 4) is 0 Å². The van der Waals surface area contributed by atoms with E-state index in [4.69, 9.17) is 33.3 Å². The SMILES string of the molecule is Nc1ccnn2c([C@H]3C[C@@H]4O[P@@](=O)(S)OC[C@H]5O[C@@H](n6ccc(=O)n7ccnc67)[C@H](OP(=O)(S)OC[C@H]4O3)[C@@H]5O)cnc12. The second-order valence-electron chi connectivity index (χ2n) is 10.1. The zero-order valence-corrected chi connectivity index (χ0v) is 25.5. The van der Waals surface area contributed by atoms with Crippen molar-refractivity contribution < 1.29 is 41.8 Å². The van der Waals surface area contributed by atoms with Crippen LogP contribution in [0, 0.1) is 0 Å². The number of hydrogen-bond acceptors (Lipinski definition) is 14. The fourth-order valence-corrected chi connectivity index (χ4v) is 8.36. The largest absolute Gasteiger partial charge is 0.396 e. The molecule has 7 heterocycles. The van der Waals surface area contributed by atoms with Gasteiger partial charge in [0.2, 0.25) is 5.78 Å². The molecule has 3 aliphatic rings. The highest BCUT2D eigenvalue weighted by molar-refractivity contribution is 8.44. The summed E-state index contributed by atoms with van der Waals surface area (Å²) in [5.74, 6) is 0.163. The molecule has 21 heteroatoms. The third-order valence-corrected chi connectivity index (χ3v) is 10.6. The number of ether oxygens (including phenoxy) is 2. The summed E-state index contributed by atoms with van der Waals surface area (Å²) in [5, 5.41) is 15.4. The lowest BCUT2D eigenvalue weighted by molar-refractivity contribution is -0.0534. The van der Waals surface area contributed by atoms with Crippen LogP contribution in [-0.4, -0.2) is 77.4 Å². The number of aromatic nitrogens is 6. The standard InChI is InChI=1S/C22H25N7O10P2S2/c23-11-1-3-26-29-12(8-25-20(11)29)13-7-14-15(36-13)9-34-41(33,43)39-19-18(31)16(10-35-40(32,42)38-14)37-21(19)28-5-2-17(30)27-6-4-24-22(27)28/h1-6,8,13-16,18-19,21,31H,7,9-10,23H2,(H,32,42)(H,33,43)/t13-,14+,15-,16-,18-,19-,21-,40+,41?/m1/s1. The van der Waals surface area contributed by atoms with E-state index in [9.17, 15) is 19.0 Å². The molecule has 1 unspecified atom stereocenters. The quantitative estimate of drug-likeness (QED) is 0.177. The van der Waals surface area contributed by atoms with Crippen LogP contribution in [0.5, 0.6) is 0 Å². The molecule has 4 aromatic heterocycles. The number of aliphatic hydroxyl groups is 1. The Kier molecular flexibility index (Phi) is 7.50. The Balaban J connectivity index is 1.19. The summed E-state index contributed by atoms with van der Waals surface area (Å²) < 4.78 is 65.9. The molecule has 17 nitrogen and oxygen atoms in total. The van der Waals surface area contributed by atoms with Crippen molar-refractivity contribution in [1.82, 2.24) is 28.5 Å². The van der Waals surface area contributed by atoms with E-state index in [-0.39, 0.29) is 24.4 Å². The zero-order valence-electron chi connectivity index (χ0n) is 21.9. The van der Waals surface area contributed by atoms with Crippen molar-refractivity contribution in [2.45, 2.75) is 49.3 Å². The predicted octanol–water partition coefficient (Wildman–Crippen LogP) is 1.80. The van der Waals surface area contributed by atoms with Gasteiger partial charge in [0.1, 0.15) is 30.5 Å². The Morgan fingerprint density at radius 1 is 0.977 bits per heavy atom. The third kappa shape index (κ3) is 5.46. The number of anilines is 1. The van der Waals surface area contributed by atoms with E-state index < -0.39 is 63.1 Å². The average Bonchev–Trinajstić information content (AvgIpc) is 3.74. The fraction of sp³-hybridized carbons (Fsp3) is 0.455. The topological polar surface area (TPSA) is 205 Å². The number of rotatable bonds is 2. The summed E-state index contributed by atoms with van der Waals surface area (Å²) in [6.07, 6.45) is -0.148. The molecule has 4 aromatic rings. The number of aliphatic hydroxyl groups excluding tert-OH is 1. The summed E-state index contributed by atoms with van der Waals surface area (Å²) in [6, 6.07) is 2.87. The first-order chi connectivity index (χ1) is 20.5. The second kappa shape index (κ2) is 11.0. The number of nitrogens with zero attached hydrogens (tertiary/aromatic N) is 6. The minimum atomic E-state index is -4.21. The maximum atomic E-state index is 13.5. The first kappa shape index (κ1) is 29.4. The Labute approximate surface area is 252 Å². The van der Waals surface area contributed by atoms with Crippen LogP contribution >= 0.6 is 38.1 Å². The monoisotopic (exact) mass is 673 g/mol. The lowest BCUT2D eigenvalue weighted by Gasteiger charge is -2.26. The third-order valence-electron chi connectivity index (χ3n) is 7.37. The minimum Gasteiger partial charge on any atom is -0.396 e. The van der Waals surface area contributed by atoms with Crippen molar-refractivity contribution in [1.29, 1.82) is 0 Å². The van der Waals surface area contributed by atoms with E-state index in [0.29, 0.717) is 17.0 Å². The smallest absolute Gasteiger partial charge is 0.386 e. The molecule has 2 bridgehead atoms. The van der Waals surface area contributed by atoms with E-state index in [1.807, 2.05) is 0 Å². The maximum absolute atomic E-state index is 13.5. The lowest BCUT2D eigenvalue weighted by atomic mass is 10.1. The van der Waals surface area contributed by atoms with Crippen LogP contribution in [0.4, 0.5) is 5.69 Å². The Morgan fingerprint density at radius 2 is 1.74 bits per heavy atom. The van der Waals surface area contributed by atoms with Crippen LogP contribution in [0.15, 0.2) is 47.9 Å². The Hall–Kier alpha value is -2.28. The average molecular weight is 674 g/mol. The van der Waals surface area contributed by atoms with Crippen LogP contribution in [0.3, 0.4) is 0 Å². The summed E-state index contributed by atoms with van der Waals surface area (Å²) in [5.41, 5.74) is 7.04. The molecule has 0 aliphatic carbocycles. The van der Waals surface area contributed by atoms with E-state index in [2.05, 4.69) is 39.6 Å². The molecule has 0 amide bonds. The molecule has 9 atom stereocenters. The molecule has 43 heavy (non-hydrogen) atoms. The first-order valence-corrected chi connectivity index (χ1v) is 18.3. The van der Waals surface area contributed by atoms with Crippen molar-refractivity contribution in [2.24, 2.45) is 0 Å². The molecule has 3 N–H and O–H groups in total. The summed E-state index contributed by atoms with van der Waals surface area (Å²) in [7, 11) is 0. The highest BCUT2D eigenvalue weighted by Gasteiger charge is 2.51. The number of hydrogen-bond donors (Lipinski definition) is 4. The summed E-state index contributed by atoms with van der Waals surface area (Å²) >= 11 is 8.29. The number of nitrogen functional groups attached to an aromatic ring is 1. The lowest BCUT2D eigenvalue weighted by Crippen LogP contribution is -2.35. The summed E-state index contributed by atoms with van der Waals surface area (Å²) in [4.78, 5) is 20.8. The van der Waals surface area contributed by atoms with Gasteiger partial charge >= 0.3 is 13.6 Å². The van der Waals surface area contributed by atoms with E-state index in [1.54, 1.807) is 12.3 Å². The minimum absolute atomic E-state index is 0.157. The molecule has 3 fully saturated rings. The van der Waals surface area contributed by atoms with Crippen molar-refractivity contribution >= 4 is 55.2 Å². The molecular formula is C22H25N7O10P2S2. The van der Waals surface area contributed by atoms with Gasteiger partial charge in [0.05, 0.1) is 43.1 Å². The maximum Gasteiger partial charge on any atom is 0.386 e. The van der Waals surface area contributed by atoms with Crippen molar-refractivity contribution in [3.63, 3.8) is 0 Å². The van der Waals surface area contributed by atoms with Gasteiger partial charge in [-0.2, -0.15) is 5.10 Å². The van der Waals surface area contributed by atoms with Crippen LogP contribution < -0.4 is 11.3 Å². The van der Waals surface area contributed by atoms with Gasteiger partial charge in [0, 0.05) is 31.1 Å². The fourth-order valence-electron chi connectivity index (χ4n) is 5.38. The van der Waals surface area contributed by atoms with Crippen LogP contribution in [0.25, 0.3) is 11.4 Å².